The van der Waals surface area contributed by atoms with Crippen molar-refractivity contribution in [2.45, 2.75) is 18.9 Å². The number of nitrogens with zero attached hydrogens (tertiary/aromatic N) is 1. The summed E-state index contributed by atoms with van der Waals surface area (Å²) in [5, 5.41) is 8.23. The van der Waals surface area contributed by atoms with Gasteiger partial charge in [0.05, 0.1) is 37.1 Å². The number of halogens is 1. The molecule has 1 atom stereocenters. The number of methoxy groups -OCH3 is 1. The Balaban J connectivity index is 0.00000533. The van der Waals surface area contributed by atoms with Crippen LogP contribution in [-0.4, -0.2) is 88.9 Å². The van der Waals surface area contributed by atoms with Gasteiger partial charge in [-0.25, -0.2) is 0 Å². The van der Waals surface area contributed by atoms with Crippen LogP contribution < -0.4 is 25.4 Å². The summed E-state index contributed by atoms with van der Waals surface area (Å²) < 4.78 is 16.8. The van der Waals surface area contributed by atoms with Crippen molar-refractivity contribution in [2.24, 2.45) is 0 Å². The van der Waals surface area contributed by atoms with Crippen molar-refractivity contribution in [3.8, 4) is 11.5 Å². The Kier molecular flexibility index (Phi) is 13.2. The molecule has 1 fully saturated rings. The number of anilines is 2. The van der Waals surface area contributed by atoms with Crippen molar-refractivity contribution in [1.29, 1.82) is 0 Å². The van der Waals surface area contributed by atoms with Gasteiger partial charge in [0, 0.05) is 44.9 Å². The topological polar surface area (TPSA) is 135 Å². The molecule has 0 saturated carbocycles. The summed E-state index contributed by atoms with van der Waals surface area (Å²) in [5.41, 5.74) is 1.16. The molecule has 0 aliphatic carbocycles. The summed E-state index contributed by atoms with van der Waals surface area (Å²) in [5.74, 6) is 0.0967. The highest BCUT2D eigenvalue weighted by Gasteiger charge is 2.23. The number of likely N-dealkylation sites (N-methyl/N-ethyl adjacent to an activating group) is 1. The van der Waals surface area contributed by atoms with E-state index in [9.17, 15) is 19.2 Å². The minimum Gasteiger partial charge on any atom is -0.494 e. The van der Waals surface area contributed by atoms with Crippen LogP contribution in [0.4, 0.5) is 11.4 Å². The zero-order valence-electron chi connectivity index (χ0n) is 22.1. The van der Waals surface area contributed by atoms with Crippen molar-refractivity contribution in [2.75, 3.05) is 58.9 Å². The fourth-order valence-electron chi connectivity index (χ4n) is 4.04. The average molecular weight is 563 g/mol. The number of nitrogens with one attached hydrogen (secondary N) is 3. The Bertz CT molecular complexity index is 1130. The molecule has 12 heteroatoms. The largest absolute Gasteiger partial charge is 0.494 e. The molecule has 2 aromatic carbocycles. The minimum absolute atomic E-state index is 0. The lowest BCUT2D eigenvalue weighted by molar-refractivity contribution is -0.122. The number of ether oxygens (including phenoxy) is 3. The number of aldehydes is 2. The lowest BCUT2D eigenvalue weighted by atomic mass is 10.0. The fourth-order valence-corrected chi connectivity index (χ4v) is 4.04. The van der Waals surface area contributed by atoms with Crippen LogP contribution in [-0.2, 0) is 14.3 Å². The van der Waals surface area contributed by atoms with Gasteiger partial charge >= 0.3 is 0 Å². The standard InChI is InChI=1S/C27H34N4O7.ClH/c1-28-27(35)24(7-4-13-32)30-26(34)20-5-3-6-22(21(20)18-33)29-23-9-8-19(17-25(23)36-2)38-16-12-31-10-14-37-15-11-31;/h3,5-6,8-9,13,17-18,24,29H,4,7,10-12,14-16H2,1-2H3,(H,28,35)(H,30,34);1H. The first-order valence-electron chi connectivity index (χ1n) is 12.4. The number of amides is 2. The highest BCUT2D eigenvalue weighted by Crippen LogP contribution is 2.33. The van der Waals surface area contributed by atoms with Gasteiger partial charge in [-0.2, -0.15) is 0 Å². The Labute approximate surface area is 234 Å². The molecule has 39 heavy (non-hydrogen) atoms. The highest BCUT2D eigenvalue weighted by atomic mass is 35.5. The number of carbonyl (C=O) groups is 4. The van der Waals surface area contributed by atoms with Crippen LogP contribution >= 0.6 is 12.4 Å². The summed E-state index contributed by atoms with van der Waals surface area (Å²) in [7, 11) is 2.97. The number of benzene rings is 2. The molecular weight excluding hydrogens is 528 g/mol. The van der Waals surface area contributed by atoms with Gasteiger partial charge in [-0.15, -0.1) is 12.4 Å². The molecule has 1 heterocycles. The Hall–Kier alpha value is -3.67. The molecule has 2 amide bonds. The van der Waals surface area contributed by atoms with Crippen molar-refractivity contribution in [3.05, 3.63) is 47.5 Å². The van der Waals surface area contributed by atoms with Crippen LogP contribution in [0.3, 0.4) is 0 Å². The lowest BCUT2D eigenvalue weighted by Crippen LogP contribution is -2.46. The number of rotatable bonds is 14. The van der Waals surface area contributed by atoms with Crippen molar-refractivity contribution in [3.63, 3.8) is 0 Å². The maximum absolute atomic E-state index is 13.0. The molecule has 2 aromatic rings. The molecule has 1 aliphatic heterocycles. The second-order valence-corrected chi connectivity index (χ2v) is 8.56. The Morgan fingerprint density at radius 2 is 1.90 bits per heavy atom. The molecule has 11 nitrogen and oxygen atoms in total. The highest BCUT2D eigenvalue weighted by molar-refractivity contribution is 6.06. The van der Waals surface area contributed by atoms with Crippen LogP contribution in [0.2, 0.25) is 0 Å². The third kappa shape index (κ3) is 8.95. The predicted octanol–water partition coefficient (Wildman–Crippen LogP) is 2.21. The monoisotopic (exact) mass is 562 g/mol. The van der Waals surface area contributed by atoms with Crippen LogP contribution in [0.1, 0.15) is 33.6 Å². The SMILES string of the molecule is CNC(=O)C(CCC=O)NC(=O)c1cccc(Nc2ccc(OCCN3CCOCC3)cc2OC)c1C=O.Cl. The van der Waals surface area contributed by atoms with E-state index in [0.717, 1.165) is 32.8 Å². The predicted molar refractivity (Wildman–Crippen MR) is 149 cm³/mol. The number of carbonyl (C=O) groups excluding carboxylic acids is 4. The van der Waals surface area contributed by atoms with Gasteiger partial charge < -0.3 is 35.0 Å². The van der Waals surface area contributed by atoms with Gasteiger partial charge in [-0.05, 0) is 30.7 Å². The van der Waals surface area contributed by atoms with Gasteiger partial charge in [-0.3, -0.25) is 19.3 Å². The molecule has 1 aliphatic rings. The summed E-state index contributed by atoms with van der Waals surface area (Å²) in [6, 6.07) is 9.18. The third-order valence-corrected chi connectivity index (χ3v) is 6.13. The van der Waals surface area contributed by atoms with Gasteiger partial charge in [0.2, 0.25) is 5.91 Å². The second kappa shape index (κ2) is 16.3. The third-order valence-electron chi connectivity index (χ3n) is 6.13. The first kappa shape index (κ1) is 31.5. The maximum Gasteiger partial charge on any atom is 0.252 e. The van der Waals surface area contributed by atoms with Gasteiger partial charge in [0.25, 0.3) is 5.91 Å². The second-order valence-electron chi connectivity index (χ2n) is 8.56. The minimum atomic E-state index is -0.912. The van der Waals surface area contributed by atoms with Crippen molar-refractivity contribution in [1.82, 2.24) is 15.5 Å². The molecule has 0 spiro atoms. The van der Waals surface area contributed by atoms with E-state index < -0.39 is 17.9 Å². The first-order chi connectivity index (χ1) is 18.5. The maximum atomic E-state index is 13.0. The summed E-state index contributed by atoms with van der Waals surface area (Å²) in [6.07, 6.45) is 1.50. The zero-order chi connectivity index (χ0) is 27.3. The van der Waals surface area contributed by atoms with E-state index in [1.807, 2.05) is 0 Å². The molecule has 3 rings (SSSR count). The summed E-state index contributed by atoms with van der Waals surface area (Å²) in [6.45, 7) is 4.54. The molecule has 0 radical (unpaired) electrons. The van der Waals surface area contributed by atoms with E-state index >= 15 is 0 Å². The van der Waals surface area contributed by atoms with Crippen molar-refractivity contribution >= 4 is 48.2 Å². The zero-order valence-corrected chi connectivity index (χ0v) is 22.9. The van der Waals surface area contributed by atoms with Gasteiger partial charge in [-0.1, -0.05) is 6.07 Å². The Morgan fingerprint density at radius 3 is 2.56 bits per heavy atom. The van der Waals surface area contributed by atoms with E-state index in [0.29, 0.717) is 42.1 Å². The van der Waals surface area contributed by atoms with Gasteiger partial charge in [0.15, 0.2) is 6.29 Å². The molecule has 1 unspecified atom stereocenters. The smallest absolute Gasteiger partial charge is 0.252 e. The lowest BCUT2D eigenvalue weighted by Gasteiger charge is -2.26. The average Bonchev–Trinajstić information content (AvgIpc) is 2.95. The fraction of sp³-hybridized carbons (Fsp3) is 0.407. The number of hydrogen-bond acceptors (Lipinski definition) is 9. The van der Waals surface area contributed by atoms with Crippen LogP contribution in [0.25, 0.3) is 0 Å². The normalized spacial score (nSPS) is 13.8. The van der Waals surface area contributed by atoms with E-state index in [-0.39, 0.29) is 36.4 Å². The van der Waals surface area contributed by atoms with Crippen LogP contribution in [0, 0.1) is 0 Å². The van der Waals surface area contributed by atoms with E-state index in [4.69, 9.17) is 14.2 Å². The number of hydrogen-bond donors (Lipinski definition) is 3. The summed E-state index contributed by atoms with van der Waals surface area (Å²) >= 11 is 0. The Morgan fingerprint density at radius 1 is 1.13 bits per heavy atom. The molecule has 212 valence electrons. The molecular formula is C27H35ClN4O7. The number of morpholine rings is 1. The quantitative estimate of drug-likeness (QED) is 0.296. The van der Waals surface area contributed by atoms with E-state index in [1.165, 1.54) is 20.2 Å². The molecule has 3 N–H and O–H groups in total. The first-order valence-corrected chi connectivity index (χ1v) is 12.4. The van der Waals surface area contributed by atoms with Crippen LogP contribution in [0.5, 0.6) is 11.5 Å². The van der Waals surface area contributed by atoms with Crippen molar-refractivity contribution < 1.29 is 33.4 Å². The van der Waals surface area contributed by atoms with Crippen LogP contribution in [0.15, 0.2) is 36.4 Å². The summed E-state index contributed by atoms with van der Waals surface area (Å²) in [4.78, 5) is 50.2. The molecule has 0 aromatic heterocycles. The van der Waals surface area contributed by atoms with E-state index in [2.05, 4.69) is 20.9 Å². The molecule has 0 bridgehead atoms. The van der Waals surface area contributed by atoms with E-state index in [1.54, 1.807) is 30.3 Å². The molecule has 1 saturated heterocycles. The van der Waals surface area contributed by atoms with Gasteiger partial charge in [0.1, 0.15) is 30.4 Å².